The van der Waals surface area contributed by atoms with Gasteiger partial charge in [-0.1, -0.05) is 20.8 Å². The molecule has 19 heavy (non-hydrogen) atoms. The van der Waals surface area contributed by atoms with E-state index >= 15 is 0 Å². The number of carbonyl (C=O) groups excluding carboxylic acids is 1. The van der Waals surface area contributed by atoms with E-state index in [1.54, 1.807) is 22.7 Å². The van der Waals surface area contributed by atoms with Crippen molar-refractivity contribution in [1.82, 2.24) is 9.97 Å². The summed E-state index contributed by atoms with van der Waals surface area (Å²) in [5.41, 5.74) is 1.98. The molecule has 0 bridgehead atoms. The van der Waals surface area contributed by atoms with Crippen molar-refractivity contribution in [2.45, 2.75) is 46.0 Å². The van der Waals surface area contributed by atoms with E-state index in [0.29, 0.717) is 12.8 Å². The zero-order chi connectivity index (χ0) is 14.0. The van der Waals surface area contributed by atoms with Gasteiger partial charge < -0.3 is 0 Å². The Hall–Kier alpha value is -1.07. The van der Waals surface area contributed by atoms with Gasteiger partial charge in [-0.05, 0) is 6.92 Å². The number of rotatable bonds is 4. The molecule has 0 aliphatic heterocycles. The molecular formula is C14H18N2OS2. The summed E-state index contributed by atoms with van der Waals surface area (Å²) in [6.07, 6.45) is 0.825. The predicted octanol–water partition coefficient (Wildman–Crippen LogP) is 3.56. The standard InChI is InChI=1S/C14H18N2OS2/c1-9-15-10(7-18-9)5-11(17)6-13-16-12(8-19-13)14(2,3)4/h7-8H,5-6H2,1-4H3. The first-order valence-corrected chi connectivity index (χ1v) is 7.98. The number of ketones is 1. The lowest BCUT2D eigenvalue weighted by atomic mass is 9.93. The monoisotopic (exact) mass is 294 g/mol. The van der Waals surface area contributed by atoms with Crippen LogP contribution in [0, 0.1) is 6.92 Å². The molecule has 102 valence electrons. The van der Waals surface area contributed by atoms with Gasteiger partial charge in [0.15, 0.2) is 0 Å². The average Bonchev–Trinajstić information content (AvgIpc) is 2.87. The molecule has 3 nitrogen and oxygen atoms in total. The summed E-state index contributed by atoms with van der Waals surface area (Å²) in [4.78, 5) is 20.8. The van der Waals surface area contributed by atoms with Crippen LogP contribution >= 0.6 is 22.7 Å². The van der Waals surface area contributed by atoms with Gasteiger partial charge in [-0.15, -0.1) is 22.7 Å². The van der Waals surface area contributed by atoms with Crippen molar-refractivity contribution in [1.29, 1.82) is 0 Å². The third-order valence-electron chi connectivity index (χ3n) is 2.71. The number of Topliss-reactive ketones (excluding diaryl/α,β-unsaturated/α-hetero) is 1. The molecule has 0 saturated carbocycles. The second-order valence-corrected chi connectivity index (χ2v) is 7.63. The minimum Gasteiger partial charge on any atom is -0.299 e. The Kier molecular flexibility index (Phi) is 4.16. The van der Waals surface area contributed by atoms with E-state index in [2.05, 4.69) is 36.1 Å². The number of thiazole rings is 2. The number of aryl methyl sites for hydroxylation is 1. The van der Waals surface area contributed by atoms with Crippen molar-refractivity contribution < 1.29 is 4.79 Å². The van der Waals surface area contributed by atoms with Gasteiger partial charge in [-0.2, -0.15) is 0 Å². The molecule has 0 saturated heterocycles. The quantitative estimate of drug-likeness (QED) is 0.866. The highest BCUT2D eigenvalue weighted by Crippen LogP contribution is 2.24. The van der Waals surface area contributed by atoms with Crippen LogP contribution in [-0.2, 0) is 23.1 Å². The fraction of sp³-hybridized carbons (Fsp3) is 0.500. The highest BCUT2D eigenvalue weighted by Gasteiger charge is 2.18. The number of nitrogens with zero attached hydrogens (tertiary/aromatic N) is 2. The molecule has 2 aromatic heterocycles. The summed E-state index contributed by atoms with van der Waals surface area (Å²) in [6.45, 7) is 8.35. The van der Waals surface area contributed by atoms with Crippen molar-refractivity contribution in [3.8, 4) is 0 Å². The summed E-state index contributed by atoms with van der Waals surface area (Å²) in [6, 6.07) is 0. The molecule has 0 unspecified atom stereocenters. The fourth-order valence-electron chi connectivity index (χ4n) is 1.66. The molecular weight excluding hydrogens is 276 g/mol. The summed E-state index contributed by atoms with van der Waals surface area (Å²) < 4.78 is 0. The SMILES string of the molecule is Cc1nc(CC(=O)Cc2nc(C(C)(C)C)cs2)cs1. The summed E-state index contributed by atoms with van der Waals surface area (Å²) in [5.74, 6) is 0.181. The van der Waals surface area contributed by atoms with Crippen LogP contribution in [0.3, 0.4) is 0 Å². The van der Waals surface area contributed by atoms with Crippen LogP contribution in [0.2, 0.25) is 0 Å². The van der Waals surface area contributed by atoms with E-state index in [4.69, 9.17) is 0 Å². The van der Waals surface area contributed by atoms with Crippen molar-refractivity contribution in [2.75, 3.05) is 0 Å². The lowest BCUT2D eigenvalue weighted by Crippen LogP contribution is -2.12. The van der Waals surface area contributed by atoms with Crippen molar-refractivity contribution in [3.05, 3.63) is 32.2 Å². The molecule has 0 N–H and O–H groups in total. The number of hydrogen-bond acceptors (Lipinski definition) is 5. The first-order chi connectivity index (χ1) is 8.84. The Morgan fingerprint density at radius 1 is 1.16 bits per heavy atom. The van der Waals surface area contributed by atoms with E-state index in [1.807, 2.05) is 12.3 Å². The molecule has 0 spiro atoms. The van der Waals surface area contributed by atoms with Crippen LogP contribution < -0.4 is 0 Å². The normalized spacial score (nSPS) is 11.8. The second kappa shape index (κ2) is 5.51. The molecule has 0 aromatic carbocycles. The zero-order valence-electron chi connectivity index (χ0n) is 11.7. The molecule has 0 atom stereocenters. The molecule has 0 amide bonds. The lowest BCUT2D eigenvalue weighted by molar-refractivity contribution is -0.117. The highest BCUT2D eigenvalue weighted by atomic mass is 32.1. The number of hydrogen-bond donors (Lipinski definition) is 0. The Morgan fingerprint density at radius 2 is 1.89 bits per heavy atom. The van der Waals surface area contributed by atoms with E-state index in [9.17, 15) is 4.79 Å². The van der Waals surface area contributed by atoms with Crippen LogP contribution in [0.15, 0.2) is 10.8 Å². The van der Waals surface area contributed by atoms with E-state index in [-0.39, 0.29) is 11.2 Å². The summed E-state index contributed by atoms with van der Waals surface area (Å²) >= 11 is 3.15. The lowest BCUT2D eigenvalue weighted by Gasteiger charge is -2.14. The van der Waals surface area contributed by atoms with Crippen LogP contribution in [0.25, 0.3) is 0 Å². The van der Waals surface area contributed by atoms with Crippen LogP contribution in [0.5, 0.6) is 0 Å². The third-order valence-corrected chi connectivity index (χ3v) is 4.38. The zero-order valence-corrected chi connectivity index (χ0v) is 13.3. The van der Waals surface area contributed by atoms with Gasteiger partial charge in [-0.3, -0.25) is 4.79 Å². The van der Waals surface area contributed by atoms with Gasteiger partial charge >= 0.3 is 0 Å². The smallest absolute Gasteiger partial charge is 0.145 e. The molecule has 0 radical (unpaired) electrons. The number of carbonyl (C=O) groups is 1. The number of aromatic nitrogens is 2. The average molecular weight is 294 g/mol. The maximum absolute atomic E-state index is 12.0. The van der Waals surface area contributed by atoms with Crippen molar-refractivity contribution >= 4 is 28.5 Å². The maximum Gasteiger partial charge on any atom is 0.145 e. The van der Waals surface area contributed by atoms with Gasteiger partial charge in [-0.25, -0.2) is 9.97 Å². The Morgan fingerprint density at radius 3 is 2.42 bits per heavy atom. The van der Waals surface area contributed by atoms with Gasteiger partial charge in [0.25, 0.3) is 0 Å². The van der Waals surface area contributed by atoms with Crippen LogP contribution in [0.4, 0.5) is 0 Å². The van der Waals surface area contributed by atoms with Gasteiger partial charge in [0.2, 0.25) is 0 Å². The molecule has 2 heterocycles. The first kappa shape index (κ1) is 14.3. The second-order valence-electron chi connectivity index (χ2n) is 5.63. The summed E-state index contributed by atoms with van der Waals surface area (Å²) in [7, 11) is 0. The molecule has 0 aliphatic carbocycles. The molecule has 2 rings (SSSR count). The minimum atomic E-state index is 0.0455. The topological polar surface area (TPSA) is 42.9 Å². The van der Waals surface area contributed by atoms with Crippen molar-refractivity contribution in [2.24, 2.45) is 0 Å². The Labute approximate surface area is 121 Å². The van der Waals surface area contributed by atoms with Crippen molar-refractivity contribution in [3.63, 3.8) is 0 Å². The molecule has 5 heteroatoms. The van der Waals surface area contributed by atoms with E-state index < -0.39 is 0 Å². The first-order valence-electron chi connectivity index (χ1n) is 6.22. The highest BCUT2D eigenvalue weighted by molar-refractivity contribution is 7.10. The van der Waals surface area contributed by atoms with E-state index in [1.165, 1.54) is 0 Å². The van der Waals surface area contributed by atoms with Gasteiger partial charge in [0.05, 0.1) is 22.8 Å². The largest absolute Gasteiger partial charge is 0.299 e. The van der Waals surface area contributed by atoms with Gasteiger partial charge in [0.1, 0.15) is 10.8 Å². The summed E-state index contributed by atoms with van der Waals surface area (Å²) in [5, 5.41) is 5.92. The molecule has 0 fully saturated rings. The maximum atomic E-state index is 12.0. The third kappa shape index (κ3) is 3.94. The Balaban J connectivity index is 1.97. The predicted molar refractivity (Wildman–Crippen MR) is 80.1 cm³/mol. The minimum absolute atomic E-state index is 0.0455. The van der Waals surface area contributed by atoms with E-state index in [0.717, 1.165) is 21.4 Å². The Bertz CT molecular complexity index is 578. The van der Waals surface area contributed by atoms with Gasteiger partial charge in [0, 0.05) is 22.6 Å². The molecule has 2 aromatic rings. The van der Waals surface area contributed by atoms with Crippen LogP contribution in [0.1, 0.15) is 42.2 Å². The fourth-order valence-corrected chi connectivity index (χ4v) is 3.32. The van der Waals surface area contributed by atoms with Crippen LogP contribution in [-0.4, -0.2) is 15.8 Å². The molecule has 0 aliphatic rings.